The van der Waals surface area contributed by atoms with Gasteiger partial charge >= 0.3 is 0 Å². The van der Waals surface area contributed by atoms with E-state index in [1.807, 2.05) is 0 Å². The van der Waals surface area contributed by atoms with Gasteiger partial charge in [0, 0.05) is 31.1 Å². The Morgan fingerprint density at radius 1 is 0.935 bits per heavy atom. The Kier molecular flexibility index (Phi) is 11.2. The molecule has 4 rings (SSSR count). The van der Waals surface area contributed by atoms with Crippen molar-refractivity contribution in [3.63, 3.8) is 0 Å². The normalized spacial score (nSPS) is 22.3. The van der Waals surface area contributed by atoms with Crippen molar-refractivity contribution in [3.05, 3.63) is 36.1 Å². The van der Waals surface area contributed by atoms with Crippen LogP contribution in [0.25, 0.3) is 0 Å². The predicted octanol–water partition coefficient (Wildman–Crippen LogP) is 1.11. The molecular formula is C31H41F2N7O6. The van der Waals surface area contributed by atoms with Crippen molar-refractivity contribution in [2.75, 3.05) is 6.54 Å². The molecular weight excluding hydrogens is 604 g/mol. The fourth-order valence-corrected chi connectivity index (χ4v) is 6.08. The molecule has 2 saturated carbocycles. The Bertz CT molecular complexity index is 1370. The van der Waals surface area contributed by atoms with Gasteiger partial charge < -0.3 is 26.2 Å². The van der Waals surface area contributed by atoms with Gasteiger partial charge in [0.2, 0.25) is 17.7 Å². The van der Waals surface area contributed by atoms with Gasteiger partial charge in [0.25, 0.3) is 24.0 Å². The summed E-state index contributed by atoms with van der Waals surface area (Å²) in [5.41, 5.74) is -0.835. The molecule has 250 valence electrons. The van der Waals surface area contributed by atoms with E-state index in [0.717, 1.165) is 12.8 Å². The zero-order chi connectivity index (χ0) is 33.7. The topological polar surface area (TPSA) is 180 Å². The highest BCUT2D eigenvalue weighted by molar-refractivity contribution is 6.43. The Hall–Kier alpha value is -4.30. The standard InChI is InChI=1S/C31H41F2N7O6/c1-15(2)23(38-27(42)21-13-34-10-11-35-21)28(43)39-24(16(3)4)31(46)40-14-17-6-5-7-19(17)25(40)29(44)37-20(12-22(32)33)26(41)30(45)36-18-8-9-18/h10-13,15-19,22-25H,5-9,14H2,1-4H3,(H,36,45)(H,37,44)(H,38,42)(H,39,43)/b20-12+/t17?,19?,23-,24-,25-/m0/s1. The molecule has 2 unspecified atom stereocenters. The van der Waals surface area contributed by atoms with Gasteiger partial charge in [0.1, 0.15) is 23.8 Å². The molecule has 0 spiro atoms. The van der Waals surface area contributed by atoms with E-state index in [1.54, 1.807) is 27.7 Å². The van der Waals surface area contributed by atoms with Crippen LogP contribution in [-0.4, -0.2) is 87.3 Å². The minimum atomic E-state index is -3.13. The number of amides is 5. The van der Waals surface area contributed by atoms with Crippen molar-refractivity contribution in [3.8, 4) is 0 Å². The number of nitrogens with one attached hydrogen (secondary N) is 4. The van der Waals surface area contributed by atoms with Crippen molar-refractivity contribution in [2.45, 2.75) is 90.4 Å². The molecule has 5 amide bonds. The average molecular weight is 646 g/mol. The molecule has 5 atom stereocenters. The number of carbonyl (C=O) groups is 6. The molecule has 0 aromatic carbocycles. The van der Waals surface area contributed by atoms with Gasteiger partial charge in [-0.05, 0) is 49.4 Å². The van der Waals surface area contributed by atoms with E-state index in [1.165, 1.54) is 23.5 Å². The minimum Gasteiger partial charge on any atom is -0.346 e. The summed E-state index contributed by atoms with van der Waals surface area (Å²) in [6.45, 7) is 7.09. The first-order chi connectivity index (χ1) is 21.8. The minimum absolute atomic E-state index is 0.0126. The Balaban J connectivity index is 1.53. The number of halogens is 2. The van der Waals surface area contributed by atoms with Gasteiger partial charge in [-0.2, -0.15) is 0 Å². The number of hydrogen-bond acceptors (Lipinski definition) is 8. The third-order valence-corrected chi connectivity index (χ3v) is 8.62. The maximum Gasteiger partial charge on any atom is 0.294 e. The average Bonchev–Trinajstić information content (AvgIpc) is 3.57. The number of allylic oxidation sites excluding steroid dienone is 1. The number of hydrogen-bond donors (Lipinski definition) is 4. The molecule has 3 fully saturated rings. The van der Waals surface area contributed by atoms with Crippen LogP contribution < -0.4 is 21.3 Å². The zero-order valence-corrected chi connectivity index (χ0v) is 26.3. The number of Topliss-reactive ketones (excluding diaryl/α,β-unsaturated/α-hetero) is 1. The van der Waals surface area contributed by atoms with E-state index in [9.17, 15) is 37.5 Å². The lowest BCUT2D eigenvalue weighted by Crippen LogP contribution is -2.59. The van der Waals surface area contributed by atoms with Crippen LogP contribution in [0.2, 0.25) is 0 Å². The molecule has 0 radical (unpaired) electrons. The van der Waals surface area contributed by atoms with Crippen LogP contribution in [0.4, 0.5) is 8.78 Å². The number of carbonyl (C=O) groups excluding carboxylic acids is 6. The summed E-state index contributed by atoms with van der Waals surface area (Å²) in [5.74, 6) is -6.20. The largest absolute Gasteiger partial charge is 0.346 e. The number of aromatic nitrogens is 2. The van der Waals surface area contributed by atoms with E-state index in [-0.39, 0.29) is 42.1 Å². The van der Waals surface area contributed by atoms with E-state index in [0.29, 0.717) is 19.3 Å². The predicted molar refractivity (Wildman–Crippen MR) is 160 cm³/mol. The first-order valence-electron chi connectivity index (χ1n) is 15.6. The van der Waals surface area contributed by atoms with Crippen LogP contribution in [0.5, 0.6) is 0 Å². The van der Waals surface area contributed by atoms with Crippen LogP contribution in [-0.2, 0) is 24.0 Å². The summed E-state index contributed by atoms with van der Waals surface area (Å²) in [7, 11) is 0. The molecule has 1 aliphatic heterocycles. The quantitative estimate of drug-likeness (QED) is 0.182. The molecule has 4 N–H and O–H groups in total. The van der Waals surface area contributed by atoms with Crippen LogP contribution in [0.1, 0.15) is 70.3 Å². The van der Waals surface area contributed by atoms with Gasteiger partial charge in [-0.1, -0.05) is 34.1 Å². The first-order valence-corrected chi connectivity index (χ1v) is 15.6. The molecule has 46 heavy (non-hydrogen) atoms. The number of nitrogens with zero attached hydrogens (tertiary/aromatic N) is 3. The number of alkyl halides is 2. The fourth-order valence-electron chi connectivity index (χ4n) is 6.08. The lowest BCUT2D eigenvalue weighted by atomic mass is 9.93. The number of fused-ring (bicyclic) bond motifs is 1. The van der Waals surface area contributed by atoms with Crippen molar-refractivity contribution in [1.29, 1.82) is 0 Å². The smallest absolute Gasteiger partial charge is 0.294 e. The van der Waals surface area contributed by atoms with Crippen LogP contribution in [0.15, 0.2) is 30.4 Å². The maximum atomic E-state index is 14.1. The second kappa shape index (κ2) is 14.9. The van der Waals surface area contributed by atoms with Gasteiger partial charge in [-0.25, -0.2) is 13.8 Å². The fraction of sp³-hybridized carbons (Fsp3) is 0.613. The third kappa shape index (κ3) is 8.29. The summed E-state index contributed by atoms with van der Waals surface area (Å²) in [5, 5.41) is 10.1. The van der Waals surface area contributed by atoms with Gasteiger partial charge in [-0.15, -0.1) is 0 Å². The summed E-state index contributed by atoms with van der Waals surface area (Å²) >= 11 is 0. The van der Waals surface area contributed by atoms with Crippen molar-refractivity contribution in [2.24, 2.45) is 23.7 Å². The Morgan fingerprint density at radius 2 is 1.63 bits per heavy atom. The lowest BCUT2D eigenvalue weighted by molar-refractivity contribution is -0.143. The Morgan fingerprint density at radius 3 is 2.22 bits per heavy atom. The SMILES string of the molecule is CC(C)[C@H](NC(=O)c1cnccn1)C(=O)N[C@H](C(=O)N1CC2CCCC2[C@H]1C(=O)N/C(=C/C(F)F)C(=O)C(=O)NC1CC1)C(C)C. The monoisotopic (exact) mass is 645 g/mol. The molecule has 1 saturated heterocycles. The highest BCUT2D eigenvalue weighted by atomic mass is 19.3. The van der Waals surface area contributed by atoms with E-state index in [4.69, 9.17) is 0 Å². The first kappa shape index (κ1) is 34.6. The number of rotatable bonds is 13. The Labute approximate surface area is 265 Å². The molecule has 3 aliphatic rings. The zero-order valence-electron chi connectivity index (χ0n) is 26.3. The third-order valence-electron chi connectivity index (χ3n) is 8.62. The highest BCUT2D eigenvalue weighted by Crippen LogP contribution is 2.42. The number of likely N-dealkylation sites (tertiary alicyclic amines) is 1. The van der Waals surface area contributed by atoms with Crippen LogP contribution >= 0.6 is 0 Å². The van der Waals surface area contributed by atoms with E-state index >= 15 is 0 Å². The van der Waals surface area contributed by atoms with Crippen molar-refractivity contribution < 1.29 is 37.5 Å². The van der Waals surface area contributed by atoms with Crippen molar-refractivity contribution >= 4 is 35.3 Å². The molecule has 1 aromatic rings. The molecule has 2 heterocycles. The van der Waals surface area contributed by atoms with E-state index in [2.05, 4.69) is 31.2 Å². The molecule has 13 nitrogen and oxygen atoms in total. The number of ketones is 1. The highest BCUT2D eigenvalue weighted by Gasteiger charge is 2.51. The van der Waals surface area contributed by atoms with Gasteiger partial charge in [-0.3, -0.25) is 33.8 Å². The summed E-state index contributed by atoms with van der Waals surface area (Å²) in [6, 6.07) is -3.45. The van der Waals surface area contributed by atoms with Gasteiger partial charge in [0.05, 0.1) is 11.9 Å². The summed E-state index contributed by atoms with van der Waals surface area (Å²) in [6.07, 6.45) is 4.57. The summed E-state index contributed by atoms with van der Waals surface area (Å²) in [4.78, 5) is 88.3. The second-order valence-corrected chi connectivity index (χ2v) is 12.8. The van der Waals surface area contributed by atoms with Crippen LogP contribution in [0, 0.1) is 23.7 Å². The lowest BCUT2D eigenvalue weighted by Gasteiger charge is -2.33. The molecule has 0 bridgehead atoms. The van der Waals surface area contributed by atoms with Crippen molar-refractivity contribution in [1.82, 2.24) is 36.1 Å². The molecule has 2 aliphatic carbocycles. The second-order valence-electron chi connectivity index (χ2n) is 12.8. The maximum absolute atomic E-state index is 14.1. The molecule has 15 heteroatoms. The molecule has 1 aromatic heterocycles. The van der Waals surface area contributed by atoms with Gasteiger partial charge in [0.15, 0.2) is 0 Å². The summed E-state index contributed by atoms with van der Waals surface area (Å²) < 4.78 is 26.8. The van der Waals surface area contributed by atoms with E-state index < -0.39 is 71.5 Å². The van der Waals surface area contributed by atoms with Crippen LogP contribution in [0.3, 0.4) is 0 Å².